The number of anilines is 1. The first-order valence-corrected chi connectivity index (χ1v) is 13.8. The quantitative estimate of drug-likeness (QED) is 0.112. The topological polar surface area (TPSA) is 95.5 Å². The predicted molar refractivity (Wildman–Crippen MR) is 150 cm³/mol. The molecule has 40 heavy (non-hydrogen) atoms. The van der Waals surface area contributed by atoms with Crippen molar-refractivity contribution in [3.8, 4) is 0 Å². The van der Waals surface area contributed by atoms with E-state index < -0.39 is 29.7 Å². The fourth-order valence-corrected chi connectivity index (χ4v) is 4.20. The Morgan fingerprint density at radius 3 is 2.05 bits per heavy atom. The third-order valence-electron chi connectivity index (χ3n) is 6.48. The lowest BCUT2D eigenvalue weighted by molar-refractivity contribution is -0.150. The number of benzene rings is 2. The molecule has 6 nitrogen and oxygen atoms in total. The Kier molecular flexibility index (Phi) is 14.0. The number of carbonyl (C=O) groups excluding carboxylic acids is 2. The highest BCUT2D eigenvalue weighted by Crippen LogP contribution is 2.30. The van der Waals surface area contributed by atoms with Crippen molar-refractivity contribution < 1.29 is 32.7 Å². The maximum atomic E-state index is 12.9. The highest BCUT2D eigenvalue weighted by Gasteiger charge is 2.30. The number of carbonyl (C=O) groups is 3. The van der Waals surface area contributed by atoms with Gasteiger partial charge in [-0.15, -0.1) is 0 Å². The van der Waals surface area contributed by atoms with Gasteiger partial charge in [-0.3, -0.25) is 9.59 Å². The van der Waals surface area contributed by atoms with Gasteiger partial charge in [0.25, 0.3) is 0 Å². The molecule has 0 aliphatic heterocycles. The molecule has 0 saturated carbocycles. The standard InChI is InChI=1S/C31H39F3N2O4/c1-2-3-4-5-6-7-8-9-10-11-12-13-28(37)35-26-20-14-23(15-21-26)22-27(36-29(38)30(39)40)24-16-18-25(19-17-24)31(32,33)34/h5-6,14-21,27H,2-4,7-13,22H2,1H3,(H,35,37)(H,36,38)(H,39,40)/b6-5+. The van der Waals surface area contributed by atoms with Gasteiger partial charge < -0.3 is 15.7 Å². The molecule has 0 aromatic heterocycles. The van der Waals surface area contributed by atoms with Crippen LogP contribution in [-0.4, -0.2) is 22.9 Å². The molecule has 0 saturated heterocycles. The van der Waals surface area contributed by atoms with Crippen molar-refractivity contribution in [2.75, 3.05) is 5.32 Å². The molecular formula is C31H39F3N2O4. The monoisotopic (exact) mass is 560 g/mol. The summed E-state index contributed by atoms with van der Waals surface area (Å²) >= 11 is 0. The van der Waals surface area contributed by atoms with Crippen LogP contribution in [0.2, 0.25) is 0 Å². The zero-order valence-electron chi connectivity index (χ0n) is 22.9. The Morgan fingerprint density at radius 1 is 0.850 bits per heavy atom. The second kappa shape index (κ2) is 17.2. The Labute approximate surface area is 234 Å². The number of rotatable bonds is 16. The van der Waals surface area contributed by atoms with Crippen LogP contribution in [-0.2, 0) is 27.0 Å². The predicted octanol–water partition coefficient (Wildman–Crippen LogP) is 7.61. The van der Waals surface area contributed by atoms with Crippen LogP contribution in [0.3, 0.4) is 0 Å². The molecule has 2 amide bonds. The summed E-state index contributed by atoms with van der Waals surface area (Å²) in [7, 11) is 0. The highest BCUT2D eigenvalue weighted by atomic mass is 19.4. The second-order valence-electron chi connectivity index (χ2n) is 9.82. The molecule has 2 aromatic carbocycles. The zero-order chi connectivity index (χ0) is 29.4. The summed E-state index contributed by atoms with van der Waals surface area (Å²) < 4.78 is 38.8. The summed E-state index contributed by atoms with van der Waals surface area (Å²) in [5, 5.41) is 14.2. The Balaban J connectivity index is 1.82. The number of nitrogens with one attached hydrogen (secondary N) is 2. The SMILES string of the molecule is CCCC/C=C/CCCCCCCC(=O)Nc1ccc(CC(NC(=O)C(=O)O)c2ccc(C(F)(F)F)cc2)cc1. The van der Waals surface area contributed by atoms with Crippen molar-refractivity contribution >= 4 is 23.5 Å². The summed E-state index contributed by atoms with van der Waals surface area (Å²) in [4.78, 5) is 35.1. The second-order valence-corrected chi connectivity index (χ2v) is 9.82. The van der Waals surface area contributed by atoms with Gasteiger partial charge in [-0.05, 0) is 67.5 Å². The van der Waals surface area contributed by atoms with Crippen LogP contribution in [0.5, 0.6) is 0 Å². The third kappa shape index (κ3) is 12.5. The molecule has 2 rings (SSSR count). The van der Waals surface area contributed by atoms with Crippen molar-refractivity contribution in [1.29, 1.82) is 0 Å². The Morgan fingerprint density at radius 2 is 1.45 bits per heavy atom. The fourth-order valence-electron chi connectivity index (χ4n) is 4.20. The third-order valence-corrected chi connectivity index (χ3v) is 6.48. The van der Waals surface area contributed by atoms with Gasteiger partial charge in [0.05, 0.1) is 11.6 Å². The first-order valence-electron chi connectivity index (χ1n) is 13.8. The Hall–Kier alpha value is -3.62. The van der Waals surface area contributed by atoms with Crippen LogP contribution in [0, 0.1) is 0 Å². The molecule has 2 aromatic rings. The van der Waals surface area contributed by atoms with Gasteiger partial charge in [-0.25, -0.2) is 4.79 Å². The average molecular weight is 561 g/mol. The summed E-state index contributed by atoms with van der Waals surface area (Å²) in [5.41, 5.74) is 0.798. The van der Waals surface area contributed by atoms with E-state index in [2.05, 4.69) is 29.7 Å². The minimum Gasteiger partial charge on any atom is -0.474 e. The maximum absolute atomic E-state index is 12.9. The number of hydrogen-bond donors (Lipinski definition) is 3. The summed E-state index contributed by atoms with van der Waals surface area (Å²) in [6.07, 6.45) is 10.5. The van der Waals surface area contributed by atoms with E-state index in [-0.39, 0.29) is 12.3 Å². The van der Waals surface area contributed by atoms with Gasteiger partial charge in [-0.2, -0.15) is 13.2 Å². The van der Waals surface area contributed by atoms with Crippen molar-refractivity contribution in [3.05, 3.63) is 77.4 Å². The highest BCUT2D eigenvalue weighted by molar-refractivity contribution is 6.31. The van der Waals surface area contributed by atoms with Crippen molar-refractivity contribution in [3.63, 3.8) is 0 Å². The minimum atomic E-state index is -4.51. The van der Waals surface area contributed by atoms with Gasteiger partial charge in [0.1, 0.15) is 0 Å². The van der Waals surface area contributed by atoms with Crippen molar-refractivity contribution in [2.24, 2.45) is 0 Å². The van der Waals surface area contributed by atoms with E-state index in [1.807, 2.05) is 0 Å². The minimum absolute atomic E-state index is 0.0806. The van der Waals surface area contributed by atoms with Crippen LogP contribution < -0.4 is 10.6 Å². The lowest BCUT2D eigenvalue weighted by Gasteiger charge is -2.19. The smallest absolute Gasteiger partial charge is 0.416 e. The van der Waals surface area contributed by atoms with Gasteiger partial charge in [-0.1, -0.05) is 75.4 Å². The largest absolute Gasteiger partial charge is 0.474 e. The molecule has 0 bridgehead atoms. The number of allylic oxidation sites excluding steroid dienone is 2. The molecule has 0 spiro atoms. The van der Waals surface area contributed by atoms with E-state index in [9.17, 15) is 27.6 Å². The molecule has 3 N–H and O–H groups in total. The molecular weight excluding hydrogens is 521 g/mol. The lowest BCUT2D eigenvalue weighted by Crippen LogP contribution is -2.35. The Bertz CT molecular complexity index is 1100. The molecule has 1 unspecified atom stereocenters. The molecule has 0 radical (unpaired) electrons. The first kappa shape index (κ1) is 32.6. The van der Waals surface area contributed by atoms with Crippen LogP contribution in [0.4, 0.5) is 18.9 Å². The van der Waals surface area contributed by atoms with Crippen LogP contribution in [0.15, 0.2) is 60.7 Å². The van der Waals surface area contributed by atoms with Crippen molar-refractivity contribution in [2.45, 2.75) is 89.8 Å². The number of unbranched alkanes of at least 4 members (excludes halogenated alkanes) is 7. The van der Waals surface area contributed by atoms with Gasteiger partial charge in [0, 0.05) is 12.1 Å². The number of hydrogen-bond acceptors (Lipinski definition) is 3. The van der Waals surface area contributed by atoms with E-state index in [0.717, 1.165) is 50.7 Å². The molecule has 0 aliphatic rings. The maximum Gasteiger partial charge on any atom is 0.416 e. The number of halogens is 3. The summed E-state index contributed by atoms with van der Waals surface area (Å²) in [6.45, 7) is 2.19. The first-order chi connectivity index (χ1) is 19.1. The number of carboxylic acid groups (broad SMARTS) is 1. The number of aliphatic carboxylic acids is 1. The number of carboxylic acids is 1. The van der Waals surface area contributed by atoms with E-state index >= 15 is 0 Å². The van der Waals surface area contributed by atoms with Gasteiger partial charge in [0.15, 0.2) is 0 Å². The molecule has 0 fully saturated rings. The summed E-state index contributed by atoms with van der Waals surface area (Å²) in [6, 6.07) is 10.2. The van der Waals surface area contributed by atoms with Gasteiger partial charge >= 0.3 is 18.1 Å². The summed E-state index contributed by atoms with van der Waals surface area (Å²) in [5.74, 6) is -3.03. The number of amides is 2. The molecule has 0 heterocycles. The zero-order valence-corrected chi connectivity index (χ0v) is 22.9. The van der Waals surface area contributed by atoms with E-state index in [1.165, 1.54) is 31.4 Å². The molecule has 218 valence electrons. The number of alkyl halides is 3. The van der Waals surface area contributed by atoms with Gasteiger partial charge in [0.2, 0.25) is 5.91 Å². The molecule has 1 atom stereocenters. The van der Waals surface area contributed by atoms with Crippen LogP contribution in [0.1, 0.15) is 93.9 Å². The van der Waals surface area contributed by atoms with E-state index in [0.29, 0.717) is 23.2 Å². The van der Waals surface area contributed by atoms with Crippen molar-refractivity contribution in [1.82, 2.24) is 5.32 Å². The van der Waals surface area contributed by atoms with E-state index in [4.69, 9.17) is 5.11 Å². The van der Waals surface area contributed by atoms with Crippen LogP contribution in [0.25, 0.3) is 0 Å². The normalized spacial score (nSPS) is 12.3. The van der Waals surface area contributed by atoms with E-state index in [1.54, 1.807) is 24.3 Å². The average Bonchev–Trinajstić information content (AvgIpc) is 2.92. The molecule has 9 heteroatoms. The van der Waals surface area contributed by atoms with Crippen LogP contribution >= 0.6 is 0 Å². The lowest BCUT2D eigenvalue weighted by atomic mass is 9.97. The molecule has 0 aliphatic carbocycles. The fraction of sp³-hybridized carbons (Fsp3) is 0.452.